The second-order valence-electron chi connectivity index (χ2n) is 5.41. The smallest absolute Gasteiger partial charge is 0.449 e. The van der Waals surface area contributed by atoms with Crippen molar-refractivity contribution >= 4 is 41.3 Å². The van der Waals surface area contributed by atoms with Crippen LogP contribution in [0.4, 0.5) is 4.79 Å². The Morgan fingerprint density at radius 2 is 2.20 bits per heavy atom. The zero-order valence-electron chi connectivity index (χ0n) is 13.3. The molecule has 12 heteroatoms. The van der Waals surface area contributed by atoms with Crippen molar-refractivity contribution in [1.29, 1.82) is 0 Å². The molecule has 0 bridgehead atoms. The van der Waals surface area contributed by atoms with Gasteiger partial charge in [-0.1, -0.05) is 11.8 Å². The molecule has 1 saturated heterocycles. The fourth-order valence-electron chi connectivity index (χ4n) is 2.44. The highest BCUT2D eigenvalue weighted by molar-refractivity contribution is 8.23. The summed E-state index contributed by atoms with van der Waals surface area (Å²) in [5.41, 5.74) is 0.750. The molecule has 25 heavy (non-hydrogen) atoms. The first-order valence-corrected chi connectivity index (χ1v) is 9.09. The number of aliphatic hydroxyl groups is 1. The molecule has 2 aliphatic heterocycles. The SMILES string of the molecule is CC(CSC1=C(OC(=O)O)N2C(=O)[C@H](C(C)O)[C@H]2S1)=Nn1cnnc1. The van der Waals surface area contributed by atoms with E-state index < -0.39 is 18.2 Å². The minimum Gasteiger partial charge on any atom is -0.449 e. The number of hydrogen-bond donors (Lipinski definition) is 2. The van der Waals surface area contributed by atoms with Crippen LogP contribution in [0.5, 0.6) is 0 Å². The van der Waals surface area contributed by atoms with Crippen LogP contribution in [0.1, 0.15) is 13.8 Å². The van der Waals surface area contributed by atoms with Crippen LogP contribution in [0.3, 0.4) is 0 Å². The van der Waals surface area contributed by atoms with Gasteiger partial charge in [0.05, 0.1) is 12.0 Å². The van der Waals surface area contributed by atoms with Gasteiger partial charge in [-0.3, -0.25) is 9.69 Å². The monoisotopic (exact) mass is 385 g/mol. The molecule has 0 aromatic carbocycles. The van der Waals surface area contributed by atoms with Crippen LogP contribution in [0, 0.1) is 5.92 Å². The predicted octanol–water partition coefficient (Wildman–Crippen LogP) is 0.969. The molecule has 1 unspecified atom stereocenters. The number of carbonyl (C=O) groups excluding carboxylic acids is 1. The number of carbonyl (C=O) groups is 2. The summed E-state index contributed by atoms with van der Waals surface area (Å²) in [5, 5.41) is 29.9. The topological polar surface area (TPSA) is 130 Å². The summed E-state index contributed by atoms with van der Waals surface area (Å²) in [4.78, 5) is 24.4. The summed E-state index contributed by atoms with van der Waals surface area (Å²) >= 11 is 2.63. The Hall–Kier alpha value is -2.05. The lowest BCUT2D eigenvalue weighted by molar-refractivity contribution is -0.155. The first kappa shape index (κ1) is 17.8. The van der Waals surface area contributed by atoms with Crippen molar-refractivity contribution in [3.8, 4) is 0 Å². The van der Waals surface area contributed by atoms with E-state index in [-0.39, 0.29) is 17.2 Å². The predicted molar refractivity (Wildman–Crippen MR) is 90.5 cm³/mol. The summed E-state index contributed by atoms with van der Waals surface area (Å²) in [5.74, 6) is -0.441. The second kappa shape index (κ2) is 7.06. The maximum Gasteiger partial charge on any atom is 0.512 e. The van der Waals surface area contributed by atoms with Gasteiger partial charge in [0.2, 0.25) is 11.8 Å². The normalized spacial score (nSPS) is 24.2. The number of β-lactam (4-membered cyclic amide) rings is 1. The first-order valence-electron chi connectivity index (χ1n) is 7.23. The van der Waals surface area contributed by atoms with Crippen LogP contribution in [-0.2, 0) is 9.53 Å². The van der Waals surface area contributed by atoms with Gasteiger partial charge in [0.15, 0.2) is 0 Å². The van der Waals surface area contributed by atoms with E-state index >= 15 is 0 Å². The van der Waals surface area contributed by atoms with Crippen molar-refractivity contribution in [2.45, 2.75) is 25.3 Å². The van der Waals surface area contributed by atoms with Crippen molar-refractivity contribution in [1.82, 2.24) is 19.8 Å². The number of aliphatic hydroxyl groups excluding tert-OH is 1. The van der Waals surface area contributed by atoms with Crippen molar-refractivity contribution in [3.63, 3.8) is 0 Å². The highest BCUT2D eigenvalue weighted by atomic mass is 32.2. The Balaban J connectivity index is 1.73. The lowest BCUT2D eigenvalue weighted by Gasteiger charge is -2.43. The Morgan fingerprint density at radius 3 is 2.80 bits per heavy atom. The van der Waals surface area contributed by atoms with Crippen molar-refractivity contribution in [2.75, 3.05) is 5.75 Å². The molecule has 1 aromatic rings. The Kier molecular flexibility index (Phi) is 5.01. The van der Waals surface area contributed by atoms with Crippen LogP contribution < -0.4 is 0 Å². The Morgan fingerprint density at radius 1 is 1.52 bits per heavy atom. The fraction of sp³-hybridized carbons (Fsp3) is 0.462. The minimum atomic E-state index is -1.49. The largest absolute Gasteiger partial charge is 0.512 e. The molecule has 3 rings (SSSR count). The summed E-state index contributed by atoms with van der Waals surface area (Å²) in [6.07, 6.45) is 0.606. The van der Waals surface area contributed by atoms with Gasteiger partial charge < -0.3 is 14.9 Å². The fourth-order valence-corrected chi connectivity index (χ4v) is 5.10. The van der Waals surface area contributed by atoms with E-state index in [1.807, 2.05) is 6.92 Å². The first-order chi connectivity index (χ1) is 11.9. The van der Waals surface area contributed by atoms with Crippen LogP contribution in [-0.4, -0.2) is 65.0 Å². The highest BCUT2D eigenvalue weighted by Crippen LogP contribution is 2.53. The molecule has 0 radical (unpaired) electrons. The molecule has 2 aliphatic rings. The standard InChI is InChI=1S/C13H15N5O5S2/c1-6(16-17-4-14-15-5-17)3-24-12-10(23-13(21)22)18-9(20)8(7(2)19)11(18)25-12/h4-5,7-8,11,19H,3H2,1-2H3,(H,21,22)/t7?,8-,11+/m0/s1. The Labute approximate surface area is 150 Å². The molecule has 1 amide bonds. The average molecular weight is 385 g/mol. The number of rotatable bonds is 6. The summed E-state index contributed by atoms with van der Waals surface area (Å²) in [7, 11) is 0. The lowest BCUT2D eigenvalue weighted by atomic mass is 9.93. The second-order valence-corrected chi connectivity index (χ2v) is 7.78. The van der Waals surface area contributed by atoms with Gasteiger partial charge in [0, 0.05) is 11.5 Å². The third-order valence-corrected chi connectivity index (χ3v) is 6.29. The molecule has 0 saturated carbocycles. The van der Waals surface area contributed by atoms with Crippen LogP contribution in [0.15, 0.2) is 27.9 Å². The molecule has 10 nitrogen and oxygen atoms in total. The molecule has 1 aromatic heterocycles. The molecular formula is C13H15N5O5S2. The van der Waals surface area contributed by atoms with Gasteiger partial charge in [0.1, 0.15) is 22.3 Å². The summed E-state index contributed by atoms with van der Waals surface area (Å²) < 4.78 is 6.84. The summed E-state index contributed by atoms with van der Waals surface area (Å²) in [6.45, 7) is 3.35. The number of fused-ring (bicyclic) bond motifs is 1. The maximum absolute atomic E-state index is 12.2. The lowest BCUT2D eigenvalue weighted by Crippen LogP contribution is -2.60. The number of thioether (sulfide) groups is 2. The van der Waals surface area contributed by atoms with Gasteiger partial charge >= 0.3 is 6.16 Å². The zero-order chi connectivity index (χ0) is 18.1. The molecule has 1 fully saturated rings. The average Bonchev–Trinajstić information content (AvgIpc) is 3.10. The van der Waals surface area contributed by atoms with E-state index in [1.54, 1.807) is 6.92 Å². The van der Waals surface area contributed by atoms with E-state index in [0.717, 1.165) is 5.71 Å². The molecule has 3 atom stereocenters. The Bertz CT molecular complexity index is 748. The zero-order valence-corrected chi connectivity index (χ0v) is 14.9. The van der Waals surface area contributed by atoms with Crippen molar-refractivity contribution in [2.24, 2.45) is 11.0 Å². The number of aromatic nitrogens is 3. The van der Waals surface area contributed by atoms with E-state index in [4.69, 9.17) is 9.84 Å². The van der Waals surface area contributed by atoms with Gasteiger partial charge in [-0.2, -0.15) is 5.10 Å². The highest BCUT2D eigenvalue weighted by Gasteiger charge is 2.57. The van der Waals surface area contributed by atoms with E-state index in [1.165, 1.54) is 45.8 Å². The number of amides is 1. The summed E-state index contributed by atoms with van der Waals surface area (Å²) in [6, 6.07) is 0. The molecule has 0 spiro atoms. The van der Waals surface area contributed by atoms with Gasteiger partial charge in [-0.15, -0.1) is 22.0 Å². The molecule has 134 valence electrons. The number of carboxylic acid groups (broad SMARTS) is 1. The third kappa shape index (κ3) is 3.50. The molecule has 2 N–H and O–H groups in total. The van der Waals surface area contributed by atoms with Crippen molar-refractivity contribution < 1.29 is 24.5 Å². The van der Waals surface area contributed by atoms with E-state index in [2.05, 4.69) is 15.3 Å². The molecule has 0 aliphatic carbocycles. The van der Waals surface area contributed by atoms with E-state index in [0.29, 0.717) is 9.99 Å². The number of ether oxygens (including phenoxy) is 1. The maximum atomic E-state index is 12.2. The number of nitrogens with zero attached hydrogens (tertiary/aromatic N) is 5. The third-order valence-electron chi connectivity index (χ3n) is 3.51. The van der Waals surface area contributed by atoms with Crippen LogP contribution in [0.25, 0.3) is 0 Å². The van der Waals surface area contributed by atoms with Crippen LogP contribution >= 0.6 is 23.5 Å². The minimum absolute atomic E-state index is 0.00602. The van der Waals surface area contributed by atoms with Gasteiger partial charge in [-0.25, -0.2) is 9.47 Å². The van der Waals surface area contributed by atoms with Crippen molar-refractivity contribution in [3.05, 3.63) is 22.8 Å². The molecular weight excluding hydrogens is 370 g/mol. The molecule has 3 heterocycles. The van der Waals surface area contributed by atoms with Crippen LogP contribution in [0.2, 0.25) is 0 Å². The number of hydrogen-bond acceptors (Lipinski definition) is 9. The van der Waals surface area contributed by atoms with E-state index in [9.17, 15) is 14.7 Å². The van der Waals surface area contributed by atoms with Gasteiger partial charge in [0.25, 0.3) is 0 Å². The van der Waals surface area contributed by atoms with Gasteiger partial charge in [-0.05, 0) is 13.8 Å². The quantitative estimate of drug-likeness (QED) is 0.418.